The van der Waals surface area contributed by atoms with Gasteiger partial charge in [0.2, 0.25) is 15.9 Å². The largest absolute Gasteiger partial charge is 0.487 e. The molecule has 0 radical (unpaired) electrons. The molecule has 1 saturated heterocycles. The summed E-state index contributed by atoms with van der Waals surface area (Å²) in [5.41, 5.74) is 0.838. The zero-order valence-corrected chi connectivity index (χ0v) is 20.6. The normalized spacial score (nSPS) is 20.9. The summed E-state index contributed by atoms with van der Waals surface area (Å²) in [6.07, 6.45) is 3.29. The number of nitrogens with one attached hydrogen (secondary N) is 1. The first kappa shape index (κ1) is 24.7. The predicted molar refractivity (Wildman–Crippen MR) is 129 cm³/mol. The molecule has 34 heavy (non-hydrogen) atoms. The van der Waals surface area contributed by atoms with E-state index in [2.05, 4.69) is 19.2 Å². The second-order valence-electron chi connectivity index (χ2n) is 9.32. The van der Waals surface area contributed by atoms with Gasteiger partial charge in [-0.25, -0.2) is 17.1 Å². The predicted octanol–water partition coefficient (Wildman–Crippen LogP) is 4.57. The van der Waals surface area contributed by atoms with Crippen LogP contribution in [0.5, 0.6) is 5.75 Å². The van der Waals surface area contributed by atoms with Crippen LogP contribution in [0.1, 0.15) is 63.1 Å². The van der Waals surface area contributed by atoms with E-state index in [1.165, 1.54) is 22.5 Å². The van der Waals surface area contributed by atoms with Gasteiger partial charge in [-0.05, 0) is 37.8 Å². The Hall–Kier alpha value is -2.45. The summed E-state index contributed by atoms with van der Waals surface area (Å²) >= 11 is 0. The van der Waals surface area contributed by atoms with E-state index in [1.54, 1.807) is 6.07 Å². The first-order chi connectivity index (χ1) is 16.3. The summed E-state index contributed by atoms with van der Waals surface area (Å²) in [6, 6.07) is 13.6. The number of fused-ring (bicyclic) bond motifs is 1. The zero-order valence-electron chi connectivity index (χ0n) is 19.8. The smallest absolute Gasteiger partial charge is 0.223 e. The van der Waals surface area contributed by atoms with Gasteiger partial charge in [0.15, 0.2) is 0 Å². The Balaban J connectivity index is 1.40. The fourth-order valence-electron chi connectivity index (χ4n) is 5.02. The third-order valence-electron chi connectivity index (χ3n) is 7.32. The molecule has 1 atom stereocenters. The van der Waals surface area contributed by atoms with Crippen molar-refractivity contribution in [3.63, 3.8) is 0 Å². The van der Waals surface area contributed by atoms with Gasteiger partial charge in [-0.2, -0.15) is 0 Å². The highest BCUT2D eigenvalue weighted by Crippen LogP contribution is 2.42. The molecule has 4 rings (SSSR count). The van der Waals surface area contributed by atoms with Crippen molar-refractivity contribution in [2.24, 2.45) is 5.92 Å². The molecule has 0 unspecified atom stereocenters. The molecule has 0 aromatic heterocycles. The number of amides is 1. The van der Waals surface area contributed by atoms with Gasteiger partial charge in [-0.15, -0.1) is 0 Å². The Bertz CT molecular complexity index is 1130. The second kappa shape index (κ2) is 10.0. The zero-order chi connectivity index (χ0) is 24.3. The molecule has 2 aromatic carbocycles. The maximum atomic E-state index is 13.9. The van der Waals surface area contributed by atoms with Crippen LogP contribution in [0.4, 0.5) is 4.39 Å². The topological polar surface area (TPSA) is 75.7 Å². The monoisotopic (exact) mass is 488 g/mol. The number of benzene rings is 2. The highest BCUT2D eigenvalue weighted by molar-refractivity contribution is 7.88. The number of piperidine rings is 1. The number of carbonyl (C=O) groups is 1. The number of carbonyl (C=O) groups excluding carboxylic acids is 1. The maximum absolute atomic E-state index is 13.9. The Labute approximate surface area is 201 Å². The minimum absolute atomic E-state index is 0.0473. The third kappa shape index (κ3) is 5.13. The van der Waals surface area contributed by atoms with E-state index < -0.39 is 15.8 Å². The summed E-state index contributed by atoms with van der Waals surface area (Å²) in [7, 11) is -3.65. The number of nitrogens with zero attached hydrogens (tertiary/aromatic N) is 1. The number of ether oxygens (including phenoxy) is 1. The van der Waals surface area contributed by atoms with Crippen molar-refractivity contribution < 1.29 is 22.3 Å². The molecule has 1 N–H and O–H groups in total. The molecule has 6 nitrogen and oxygen atoms in total. The van der Waals surface area contributed by atoms with E-state index in [4.69, 9.17) is 4.74 Å². The summed E-state index contributed by atoms with van der Waals surface area (Å²) in [5.74, 6) is -0.378. The van der Waals surface area contributed by atoms with E-state index >= 15 is 0 Å². The highest BCUT2D eigenvalue weighted by Gasteiger charge is 2.40. The summed E-state index contributed by atoms with van der Waals surface area (Å²) < 4.78 is 47.3. The van der Waals surface area contributed by atoms with Crippen molar-refractivity contribution in [2.45, 2.75) is 63.3 Å². The number of para-hydroxylation sites is 1. The molecule has 0 aliphatic carbocycles. The molecular formula is C26H33FN2O4S. The van der Waals surface area contributed by atoms with Crippen LogP contribution in [0, 0.1) is 11.7 Å². The van der Waals surface area contributed by atoms with Crippen molar-refractivity contribution in [3.8, 4) is 5.75 Å². The van der Waals surface area contributed by atoms with E-state index in [0.29, 0.717) is 19.3 Å². The van der Waals surface area contributed by atoms with Gasteiger partial charge in [-0.3, -0.25) is 4.79 Å². The average Bonchev–Trinajstić information content (AvgIpc) is 2.85. The number of halogens is 1. The van der Waals surface area contributed by atoms with Crippen molar-refractivity contribution >= 4 is 15.9 Å². The number of rotatable bonds is 7. The van der Waals surface area contributed by atoms with E-state index in [0.717, 1.165) is 24.2 Å². The Morgan fingerprint density at radius 3 is 2.41 bits per heavy atom. The number of hydrogen-bond donors (Lipinski definition) is 1. The molecule has 1 amide bonds. The summed E-state index contributed by atoms with van der Waals surface area (Å²) in [5, 5.41) is 3.23. The molecule has 8 heteroatoms. The lowest BCUT2D eigenvalue weighted by Gasteiger charge is -2.42. The fourth-order valence-corrected chi connectivity index (χ4v) is 6.60. The van der Waals surface area contributed by atoms with Crippen molar-refractivity contribution in [2.75, 3.05) is 13.1 Å². The van der Waals surface area contributed by atoms with E-state index in [-0.39, 0.29) is 47.9 Å². The minimum Gasteiger partial charge on any atom is -0.487 e. The molecule has 1 fully saturated rings. The van der Waals surface area contributed by atoms with Gasteiger partial charge in [0.25, 0.3) is 0 Å². The van der Waals surface area contributed by atoms with E-state index in [1.807, 2.05) is 24.3 Å². The van der Waals surface area contributed by atoms with Gasteiger partial charge in [-0.1, -0.05) is 50.2 Å². The van der Waals surface area contributed by atoms with Crippen LogP contribution < -0.4 is 10.1 Å². The summed E-state index contributed by atoms with van der Waals surface area (Å²) in [6.45, 7) is 4.72. The van der Waals surface area contributed by atoms with Crippen LogP contribution in [0.2, 0.25) is 0 Å². The van der Waals surface area contributed by atoms with Crippen LogP contribution >= 0.6 is 0 Å². The fraction of sp³-hybridized carbons (Fsp3) is 0.500. The van der Waals surface area contributed by atoms with Crippen LogP contribution in [0.15, 0.2) is 48.5 Å². The van der Waals surface area contributed by atoms with Crippen LogP contribution in [-0.4, -0.2) is 37.3 Å². The van der Waals surface area contributed by atoms with Crippen LogP contribution in [0.25, 0.3) is 0 Å². The molecule has 2 aromatic rings. The molecule has 2 aliphatic rings. The standard InChI is InChI=1S/C26H33FN2O4S/c1-3-26(4-2)17-23(21-10-6-8-12-24(21)33-26)28-25(30)19-13-15-29(16-14-19)34(31,32)18-20-9-5-7-11-22(20)27/h5-12,19,23H,3-4,13-18H2,1-2H3,(H,28,30)/t23-/m1/s1. The first-order valence-electron chi connectivity index (χ1n) is 12.1. The number of sulfonamides is 1. The highest BCUT2D eigenvalue weighted by atomic mass is 32.2. The molecule has 0 saturated carbocycles. The molecule has 2 aliphatic heterocycles. The number of hydrogen-bond acceptors (Lipinski definition) is 4. The molecule has 0 spiro atoms. The average molecular weight is 489 g/mol. The first-order valence-corrected chi connectivity index (χ1v) is 13.7. The molecule has 184 valence electrons. The lowest BCUT2D eigenvalue weighted by molar-refractivity contribution is -0.127. The quantitative estimate of drug-likeness (QED) is 0.620. The Morgan fingerprint density at radius 1 is 1.09 bits per heavy atom. The van der Waals surface area contributed by atoms with Gasteiger partial charge in [0.05, 0.1) is 11.8 Å². The van der Waals surface area contributed by atoms with Crippen LogP contribution in [0.3, 0.4) is 0 Å². The summed E-state index contributed by atoms with van der Waals surface area (Å²) in [4.78, 5) is 13.2. The van der Waals surface area contributed by atoms with Gasteiger partial charge in [0, 0.05) is 36.6 Å². The van der Waals surface area contributed by atoms with E-state index in [9.17, 15) is 17.6 Å². The second-order valence-corrected chi connectivity index (χ2v) is 11.3. The van der Waals surface area contributed by atoms with Gasteiger partial charge >= 0.3 is 0 Å². The van der Waals surface area contributed by atoms with Gasteiger partial charge in [0.1, 0.15) is 17.2 Å². The molecular weight excluding hydrogens is 455 g/mol. The lowest BCUT2D eigenvalue weighted by atomic mass is 9.83. The Kier molecular flexibility index (Phi) is 7.28. The maximum Gasteiger partial charge on any atom is 0.223 e. The Morgan fingerprint density at radius 2 is 1.74 bits per heavy atom. The lowest BCUT2D eigenvalue weighted by Crippen LogP contribution is -2.47. The SMILES string of the molecule is CCC1(CC)C[C@@H](NC(=O)C2CCN(S(=O)(=O)Cc3ccccc3F)CC2)c2ccccc2O1. The molecule has 2 heterocycles. The van der Waals surface area contributed by atoms with Crippen molar-refractivity contribution in [1.82, 2.24) is 9.62 Å². The van der Waals surface area contributed by atoms with Crippen LogP contribution in [-0.2, 0) is 20.6 Å². The van der Waals surface area contributed by atoms with Crippen molar-refractivity contribution in [1.29, 1.82) is 0 Å². The minimum atomic E-state index is -3.65. The third-order valence-corrected chi connectivity index (χ3v) is 9.14. The molecule has 0 bridgehead atoms. The van der Waals surface area contributed by atoms with Gasteiger partial charge < -0.3 is 10.1 Å². The van der Waals surface area contributed by atoms with Crippen molar-refractivity contribution in [3.05, 3.63) is 65.5 Å².